The predicted molar refractivity (Wildman–Crippen MR) is 278 cm³/mol. The van der Waals surface area contributed by atoms with Crippen molar-refractivity contribution in [1.82, 2.24) is 51.6 Å². The Bertz CT molecular complexity index is 2590. The number of aliphatic hydroxyl groups excluding tert-OH is 1. The quantitative estimate of drug-likeness (QED) is 0.00837. The Kier molecular flexibility index (Phi) is 27.7. The number of amidine groups is 1. The average molecular weight is 1030 g/mol. The minimum atomic E-state index is -0.913. The highest BCUT2D eigenvalue weighted by molar-refractivity contribution is 6.13. The molecule has 3 heterocycles. The first-order valence-electron chi connectivity index (χ1n) is 23.5. The van der Waals surface area contributed by atoms with E-state index in [9.17, 15) is 43.5 Å². The van der Waals surface area contributed by atoms with Crippen LogP contribution in [0.1, 0.15) is 103 Å². The molecule has 1 aliphatic heterocycles. The summed E-state index contributed by atoms with van der Waals surface area (Å²) >= 11 is 0. The molecule has 0 fully saturated rings. The van der Waals surface area contributed by atoms with Crippen molar-refractivity contribution >= 4 is 82.5 Å². The number of aromatic nitrogens is 4. The first kappa shape index (κ1) is 61.6. The minimum Gasteiger partial charge on any atom is -0.507 e. The highest BCUT2D eigenvalue weighted by atomic mass is 16.3. The highest BCUT2D eigenvalue weighted by Gasteiger charge is 2.23. The lowest BCUT2D eigenvalue weighted by molar-refractivity contribution is -0.137. The van der Waals surface area contributed by atoms with Gasteiger partial charge in [0.15, 0.2) is 22.8 Å². The number of nitrogens with zero attached hydrogens (tertiary/aromatic N) is 6. The molecule has 2 aromatic carbocycles. The van der Waals surface area contributed by atoms with Crippen LogP contribution in [0.5, 0.6) is 5.75 Å². The number of hydrazone groups is 1. The maximum absolute atomic E-state index is 13.1. The van der Waals surface area contributed by atoms with E-state index in [1.165, 1.54) is 60.7 Å². The molecule has 26 nitrogen and oxygen atoms in total. The third-order valence-electron chi connectivity index (χ3n) is 10.1. The molecule has 2 aromatic heterocycles. The van der Waals surface area contributed by atoms with Crippen molar-refractivity contribution < 1.29 is 48.6 Å². The van der Waals surface area contributed by atoms with Crippen molar-refractivity contribution in [3.05, 3.63) is 82.7 Å². The maximum Gasteiger partial charge on any atom is 0.255 e. The van der Waals surface area contributed by atoms with Crippen LogP contribution < -0.4 is 55.2 Å². The lowest BCUT2D eigenvalue weighted by atomic mass is 10.0. The Balaban J connectivity index is 0.000000832. The SMILES string of the molecule is CCC.CNCC(=O)NC(C)C(=O)Nc1ccc(C(=O)NCCCC(C=O)NC(=O)c2ccc(CCc3cnc4nc(N)nc(N)c4n3)cc2O)c(/C(N)=N/NN)c1.CO.O=CCCCCCN1C(=O)C=CC1=O. The highest BCUT2D eigenvalue weighted by Crippen LogP contribution is 2.22. The van der Waals surface area contributed by atoms with Crippen LogP contribution in [0.3, 0.4) is 0 Å². The van der Waals surface area contributed by atoms with E-state index in [0.29, 0.717) is 43.3 Å². The number of nitrogens with one attached hydrogen (secondary N) is 6. The van der Waals surface area contributed by atoms with Gasteiger partial charge in [-0.3, -0.25) is 33.7 Å². The number of aldehydes is 2. The topological polar surface area (TPSA) is 420 Å². The second-order valence-electron chi connectivity index (χ2n) is 16.0. The fraction of sp³-hybridized carbons (Fsp3) is 0.396. The van der Waals surface area contributed by atoms with Gasteiger partial charge in [0, 0.05) is 50.0 Å². The zero-order valence-electron chi connectivity index (χ0n) is 42.1. The van der Waals surface area contributed by atoms with Crippen LogP contribution in [0.2, 0.25) is 0 Å². The molecule has 1 aliphatic rings. The van der Waals surface area contributed by atoms with E-state index in [1.807, 2.05) is 0 Å². The van der Waals surface area contributed by atoms with Gasteiger partial charge in [0.2, 0.25) is 17.8 Å². The predicted octanol–water partition coefficient (Wildman–Crippen LogP) is 0.0242. The zero-order valence-corrected chi connectivity index (χ0v) is 42.1. The van der Waals surface area contributed by atoms with Crippen LogP contribution >= 0.6 is 0 Å². The zero-order chi connectivity index (χ0) is 55.2. The summed E-state index contributed by atoms with van der Waals surface area (Å²) in [6, 6.07) is 7.14. The molecule has 6 amide bonds. The molecule has 2 unspecified atom stereocenters. The van der Waals surface area contributed by atoms with Crippen LogP contribution in [0.25, 0.3) is 11.2 Å². The van der Waals surface area contributed by atoms with Gasteiger partial charge in [0.05, 0.1) is 35.6 Å². The summed E-state index contributed by atoms with van der Waals surface area (Å²) in [6.45, 7) is 6.37. The molecule has 26 heteroatoms. The van der Waals surface area contributed by atoms with Gasteiger partial charge in [-0.05, 0) is 88.4 Å². The van der Waals surface area contributed by atoms with Crippen LogP contribution in [0, 0.1) is 0 Å². The molecule has 0 aliphatic carbocycles. The van der Waals surface area contributed by atoms with Crippen LogP contribution in [0.15, 0.2) is 59.8 Å². The van der Waals surface area contributed by atoms with Gasteiger partial charge in [-0.1, -0.05) is 32.8 Å². The molecule has 0 radical (unpaired) electrons. The van der Waals surface area contributed by atoms with Crippen molar-refractivity contribution in [2.24, 2.45) is 16.7 Å². The van der Waals surface area contributed by atoms with E-state index in [4.69, 9.17) is 28.2 Å². The molecule has 74 heavy (non-hydrogen) atoms. The number of phenols is 1. The summed E-state index contributed by atoms with van der Waals surface area (Å²) in [4.78, 5) is 112. The maximum atomic E-state index is 13.1. The molecule has 0 saturated carbocycles. The second kappa shape index (κ2) is 33.2. The van der Waals surface area contributed by atoms with Gasteiger partial charge in [0.25, 0.3) is 23.6 Å². The number of benzene rings is 2. The summed E-state index contributed by atoms with van der Waals surface area (Å²) in [5, 5.41) is 34.6. The van der Waals surface area contributed by atoms with Gasteiger partial charge in [-0.2, -0.15) is 9.97 Å². The third kappa shape index (κ3) is 20.3. The lowest BCUT2D eigenvalue weighted by Crippen LogP contribution is -2.44. The number of phenolic OH excluding ortho intramolecular Hbond substituents is 1. The van der Waals surface area contributed by atoms with Gasteiger partial charge in [-0.15, -0.1) is 5.10 Å². The van der Waals surface area contributed by atoms with Crippen molar-refractivity contribution in [2.45, 2.75) is 90.6 Å². The minimum absolute atomic E-state index is 0.00479. The fourth-order valence-corrected chi connectivity index (χ4v) is 6.60. The molecule has 5 rings (SSSR count). The smallest absolute Gasteiger partial charge is 0.255 e. The molecular formula is C48H68N16O10. The number of fused-ring (bicyclic) bond motifs is 1. The normalized spacial score (nSPS) is 12.4. The Morgan fingerprint density at radius 1 is 0.865 bits per heavy atom. The number of aryl methyl sites for hydroxylation is 2. The number of nitrogen functional groups attached to an aromatic ring is 2. The number of amides is 6. The van der Waals surface area contributed by atoms with E-state index in [-0.39, 0.29) is 95.0 Å². The van der Waals surface area contributed by atoms with Crippen molar-refractivity contribution in [3.8, 4) is 5.75 Å². The van der Waals surface area contributed by atoms with Crippen molar-refractivity contribution in [1.29, 1.82) is 0 Å². The van der Waals surface area contributed by atoms with E-state index in [0.717, 1.165) is 38.2 Å². The van der Waals surface area contributed by atoms with Gasteiger partial charge < -0.3 is 63.6 Å². The Labute approximate surface area is 428 Å². The largest absolute Gasteiger partial charge is 0.507 e. The number of carbonyl (C=O) groups is 8. The van der Waals surface area contributed by atoms with E-state index >= 15 is 0 Å². The fourth-order valence-electron chi connectivity index (χ4n) is 6.60. The summed E-state index contributed by atoms with van der Waals surface area (Å²) in [5.41, 5.74) is 22.0. The Morgan fingerprint density at radius 3 is 2.19 bits per heavy atom. The summed E-state index contributed by atoms with van der Waals surface area (Å²) < 4.78 is 0. The molecule has 0 bridgehead atoms. The molecule has 0 spiro atoms. The van der Waals surface area contributed by atoms with Gasteiger partial charge in [-0.25, -0.2) is 21.3 Å². The Hall–Kier alpha value is -8.49. The molecule has 4 aromatic rings. The van der Waals surface area contributed by atoms with Crippen LogP contribution in [-0.2, 0) is 41.6 Å². The van der Waals surface area contributed by atoms with Gasteiger partial charge >= 0.3 is 0 Å². The number of aliphatic hydroxyl groups is 1. The summed E-state index contributed by atoms with van der Waals surface area (Å²) in [6.07, 6.45) is 11.2. The van der Waals surface area contributed by atoms with Crippen LogP contribution in [-0.4, -0.2) is 135 Å². The van der Waals surface area contributed by atoms with E-state index in [1.54, 1.807) is 19.3 Å². The number of anilines is 3. The molecule has 2 atom stereocenters. The monoisotopic (exact) mass is 1030 g/mol. The lowest BCUT2D eigenvalue weighted by Gasteiger charge is -2.16. The van der Waals surface area contributed by atoms with Gasteiger partial charge in [0.1, 0.15) is 24.4 Å². The van der Waals surface area contributed by atoms with Crippen molar-refractivity contribution in [3.63, 3.8) is 0 Å². The number of hydrogen-bond donors (Lipinski definition) is 12. The van der Waals surface area contributed by atoms with Crippen molar-refractivity contribution in [2.75, 3.05) is 50.6 Å². The molecule has 400 valence electrons. The standard InChI is InChI=1S/C34H43N15O6.C10H13NO3.C3H8.CH4O/c1-17(42-26(52)15-39-2)31(53)44-19-8-10-22(24(13-19)28(35)48-49-38)32(54)40-11-3-4-21(16-50)45-33(55)23-9-6-18(12-25(23)51)5-7-20-14-41-30-27(43-20)29(36)46-34(37)47-30;12-8-4-2-1-3-7-11-9(13)5-6-10(11)14;1-3-2;1-2/h6,8-10,12-14,16-17,21,39,49,51H,3-5,7,11,15,38H2,1-2H3,(H2,35,48)(H,40,54)(H,42,52)(H,44,53)(H,45,55)(H4,36,37,41,46,47);5-6,8H,1-4,7H2;3H2,1-2H3;2H,1H3. The van der Waals surface area contributed by atoms with E-state index in [2.05, 4.69) is 71.0 Å². The molecular weight excluding hydrogens is 961 g/mol. The number of aromatic hydroxyl groups is 1. The number of nitrogens with two attached hydrogens (primary N) is 4. The number of hydrazine groups is 1. The second-order valence-corrected chi connectivity index (χ2v) is 16.0. The number of imide groups is 1. The first-order chi connectivity index (χ1) is 35.5. The number of likely N-dealkylation sites (N-methyl/N-ethyl adjacent to an activating group) is 1. The molecule has 0 saturated heterocycles. The van der Waals surface area contributed by atoms with E-state index < -0.39 is 29.8 Å². The summed E-state index contributed by atoms with van der Waals surface area (Å²) in [5.74, 6) is 2.43. The number of hydrogen-bond acceptors (Lipinski definition) is 20. The average Bonchev–Trinajstić information content (AvgIpc) is 3.70. The molecule has 16 N–H and O–H groups in total. The summed E-state index contributed by atoms with van der Waals surface area (Å²) in [7, 11) is 2.60. The number of rotatable bonds is 24. The first-order valence-corrected chi connectivity index (χ1v) is 23.5. The number of carbonyl (C=O) groups excluding carboxylic acids is 8. The Morgan fingerprint density at radius 2 is 1.55 bits per heavy atom. The van der Waals surface area contributed by atoms with Crippen LogP contribution in [0.4, 0.5) is 17.5 Å². The third-order valence-corrected chi connectivity index (χ3v) is 10.1. The number of unbranched alkanes of at least 4 members (excludes halogenated alkanes) is 3.